The number of carbonyl (C=O) groups is 3. The minimum Gasteiger partial charge on any atom is -0.462 e. The summed E-state index contributed by atoms with van der Waals surface area (Å²) in [5, 5.41) is 0. The monoisotopic (exact) mass is 1070 g/mol. The van der Waals surface area contributed by atoms with Crippen molar-refractivity contribution in [2.75, 3.05) is 13.2 Å². The highest BCUT2D eigenvalue weighted by molar-refractivity contribution is 5.71. The highest BCUT2D eigenvalue weighted by atomic mass is 16.6. The van der Waals surface area contributed by atoms with E-state index in [0.29, 0.717) is 19.3 Å². The van der Waals surface area contributed by atoms with E-state index in [1.54, 1.807) is 0 Å². The van der Waals surface area contributed by atoms with E-state index in [0.717, 1.165) is 122 Å². The smallest absolute Gasteiger partial charge is 0.306 e. The minimum absolute atomic E-state index is 0.0934. The van der Waals surface area contributed by atoms with E-state index in [-0.39, 0.29) is 31.1 Å². The molecule has 440 valence electrons. The maximum atomic E-state index is 12.9. The van der Waals surface area contributed by atoms with Crippen LogP contribution in [0, 0.1) is 0 Å². The summed E-state index contributed by atoms with van der Waals surface area (Å²) in [6.07, 6.45) is 88.1. The van der Waals surface area contributed by atoms with Crippen LogP contribution in [0.1, 0.15) is 303 Å². The summed E-state index contributed by atoms with van der Waals surface area (Å²) in [5.41, 5.74) is 0. The summed E-state index contributed by atoms with van der Waals surface area (Å²) >= 11 is 0. The normalized spacial score (nSPS) is 12.8. The van der Waals surface area contributed by atoms with Gasteiger partial charge >= 0.3 is 17.9 Å². The van der Waals surface area contributed by atoms with Crippen molar-refractivity contribution in [1.82, 2.24) is 0 Å². The van der Waals surface area contributed by atoms with Gasteiger partial charge in [-0.05, 0) is 109 Å². The van der Waals surface area contributed by atoms with E-state index in [4.69, 9.17) is 14.2 Å². The molecule has 0 saturated carbocycles. The Morgan fingerprint density at radius 1 is 0.273 bits per heavy atom. The van der Waals surface area contributed by atoms with Crippen LogP contribution in [0.15, 0.2) is 109 Å². The van der Waals surface area contributed by atoms with Crippen LogP contribution in [0.5, 0.6) is 0 Å². The number of carbonyl (C=O) groups excluding carboxylic acids is 3. The van der Waals surface area contributed by atoms with Gasteiger partial charge in [-0.2, -0.15) is 0 Å². The fourth-order valence-electron chi connectivity index (χ4n) is 8.92. The Morgan fingerprint density at radius 2 is 0.506 bits per heavy atom. The lowest BCUT2D eigenvalue weighted by Gasteiger charge is -2.18. The third kappa shape index (κ3) is 62.8. The quantitative estimate of drug-likeness (QED) is 0.0261. The number of ether oxygens (including phenoxy) is 3. The molecule has 0 fully saturated rings. The molecule has 6 nitrogen and oxygen atoms in total. The van der Waals surface area contributed by atoms with Crippen LogP contribution in [-0.4, -0.2) is 37.2 Å². The van der Waals surface area contributed by atoms with E-state index >= 15 is 0 Å². The van der Waals surface area contributed by atoms with E-state index in [1.807, 2.05) is 0 Å². The largest absolute Gasteiger partial charge is 0.462 e. The fourth-order valence-corrected chi connectivity index (χ4v) is 8.92. The summed E-state index contributed by atoms with van der Waals surface area (Å²) in [7, 11) is 0. The van der Waals surface area contributed by atoms with Crippen LogP contribution in [0.3, 0.4) is 0 Å². The van der Waals surface area contributed by atoms with Crippen molar-refractivity contribution in [3.63, 3.8) is 0 Å². The van der Waals surface area contributed by atoms with Crippen LogP contribution in [0.25, 0.3) is 0 Å². The van der Waals surface area contributed by atoms with Crippen molar-refractivity contribution in [2.45, 2.75) is 309 Å². The van der Waals surface area contributed by atoms with Crippen LogP contribution in [0.4, 0.5) is 0 Å². The molecule has 0 amide bonds. The molecule has 0 aromatic heterocycles. The zero-order valence-corrected chi connectivity index (χ0v) is 50.4. The molecule has 0 bridgehead atoms. The fraction of sp³-hybridized carbons (Fsp3) is 0.704. The minimum atomic E-state index is -0.801. The standard InChI is InChI=1S/C71H120O6/c1-4-7-10-13-16-19-22-25-28-31-32-33-34-35-36-37-38-39-40-41-44-46-49-52-55-58-61-64-70(73)76-67-68(77-71(74)65-62-59-56-53-50-47-43-30-27-24-21-18-15-12-9-6-3)66-75-69(72)63-60-57-54-51-48-45-42-29-26-23-20-17-14-11-8-5-2/h7,10,16,19,25,28,30,32-33,35-36,38-39,41,43-44,49,52,68H,4-6,8-9,11-15,17-18,20-24,26-27,29,31,34,37,40,42,45-48,50-51,53-67H2,1-3H3/b10-7-,19-16-,28-25-,33-32-,36-35-,39-38-,43-30-,44-41-,52-49-. The van der Waals surface area contributed by atoms with Gasteiger partial charge in [0.25, 0.3) is 0 Å². The second kappa shape index (κ2) is 64.6. The zero-order chi connectivity index (χ0) is 55.7. The lowest BCUT2D eigenvalue weighted by molar-refractivity contribution is -0.167. The molecule has 0 radical (unpaired) electrons. The molecule has 0 heterocycles. The Hall–Kier alpha value is -3.93. The van der Waals surface area contributed by atoms with Gasteiger partial charge in [-0.25, -0.2) is 0 Å². The number of esters is 3. The zero-order valence-electron chi connectivity index (χ0n) is 50.4. The third-order valence-electron chi connectivity index (χ3n) is 13.8. The van der Waals surface area contributed by atoms with Crippen LogP contribution in [0.2, 0.25) is 0 Å². The lowest BCUT2D eigenvalue weighted by atomic mass is 10.0. The van der Waals surface area contributed by atoms with Crippen molar-refractivity contribution < 1.29 is 28.6 Å². The van der Waals surface area contributed by atoms with Gasteiger partial charge in [-0.1, -0.05) is 284 Å². The SMILES string of the molecule is CC/C=C\C/C=C\C/C=C\C/C=C\C/C=C\C/C=C\C/C=C\C/C=C\CCCCC(=O)OCC(COC(=O)CCCCCCCCCCCCCCCCCC)OC(=O)CCCCCCC/C=C\CCCCCCCCC. The third-order valence-corrected chi connectivity index (χ3v) is 13.8. The first-order valence-electron chi connectivity index (χ1n) is 32.4. The van der Waals surface area contributed by atoms with Crippen molar-refractivity contribution in [1.29, 1.82) is 0 Å². The van der Waals surface area contributed by atoms with E-state index in [2.05, 4.69) is 130 Å². The van der Waals surface area contributed by atoms with E-state index in [9.17, 15) is 14.4 Å². The molecule has 0 aliphatic rings. The molecule has 77 heavy (non-hydrogen) atoms. The Kier molecular flexibility index (Phi) is 61.3. The summed E-state index contributed by atoms with van der Waals surface area (Å²) in [6, 6.07) is 0. The van der Waals surface area contributed by atoms with Crippen molar-refractivity contribution >= 4 is 17.9 Å². The maximum absolute atomic E-state index is 12.9. The van der Waals surface area contributed by atoms with Gasteiger partial charge in [0.1, 0.15) is 13.2 Å². The van der Waals surface area contributed by atoms with Crippen LogP contribution >= 0.6 is 0 Å². The van der Waals surface area contributed by atoms with Crippen molar-refractivity contribution in [3.8, 4) is 0 Å². The molecule has 1 atom stereocenters. The average Bonchev–Trinajstić information content (AvgIpc) is 3.43. The summed E-state index contributed by atoms with van der Waals surface area (Å²) in [4.78, 5) is 38.3. The molecule has 1 unspecified atom stereocenters. The first-order chi connectivity index (χ1) is 38.0. The van der Waals surface area contributed by atoms with Gasteiger partial charge in [-0.15, -0.1) is 0 Å². The Balaban J connectivity index is 4.44. The molecule has 0 rings (SSSR count). The van der Waals surface area contributed by atoms with E-state index < -0.39 is 6.10 Å². The molecule has 0 aromatic rings. The lowest BCUT2D eigenvalue weighted by Crippen LogP contribution is -2.30. The van der Waals surface area contributed by atoms with Gasteiger partial charge in [0.15, 0.2) is 6.10 Å². The van der Waals surface area contributed by atoms with Crippen LogP contribution < -0.4 is 0 Å². The Labute approximate surface area is 476 Å². The van der Waals surface area contributed by atoms with Gasteiger partial charge in [-0.3, -0.25) is 14.4 Å². The van der Waals surface area contributed by atoms with Crippen molar-refractivity contribution in [3.05, 3.63) is 109 Å². The molecule has 6 heteroatoms. The first kappa shape index (κ1) is 73.1. The number of hydrogen-bond donors (Lipinski definition) is 0. The van der Waals surface area contributed by atoms with Crippen molar-refractivity contribution in [2.24, 2.45) is 0 Å². The van der Waals surface area contributed by atoms with Gasteiger partial charge in [0.05, 0.1) is 0 Å². The predicted octanol–water partition coefficient (Wildman–Crippen LogP) is 22.2. The highest BCUT2D eigenvalue weighted by Crippen LogP contribution is 2.16. The summed E-state index contributed by atoms with van der Waals surface area (Å²) < 4.78 is 16.9. The molecule has 0 aromatic carbocycles. The number of unbranched alkanes of at least 4 members (excludes halogenated alkanes) is 29. The van der Waals surface area contributed by atoms with Crippen LogP contribution in [-0.2, 0) is 28.6 Å². The second-order valence-corrected chi connectivity index (χ2v) is 21.3. The summed E-state index contributed by atoms with van der Waals surface area (Å²) in [6.45, 7) is 6.51. The van der Waals surface area contributed by atoms with Gasteiger partial charge < -0.3 is 14.2 Å². The highest BCUT2D eigenvalue weighted by Gasteiger charge is 2.19. The molecule has 0 N–H and O–H groups in total. The first-order valence-corrected chi connectivity index (χ1v) is 32.4. The Morgan fingerprint density at radius 3 is 0.831 bits per heavy atom. The second-order valence-electron chi connectivity index (χ2n) is 21.3. The van der Waals surface area contributed by atoms with E-state index in [1.165, 1.54) is 141 Å². The average molecular weight is 1070 g/mol. The number of hydrogen-bond acceptors (Lipinski definition) is 6. The number of allylic oxidation sites excluding steroid dienone is 18. The topological polar surface area (TPSA) is 78.9 Å². The molecule has 0 aliphatic carbocycles. The molecular formula is C71H120O6. The van der Waals surface area contributed by atoms with Gasteiger partial charge in [0, 0.05) is 19.3 Å². The molecule has 0 aliphatic heterocycles. The molecule has 0 saturated heterocycles. The Bertz CT molecular complexity index is 1560. The van der Waals surface area contributed by atoms with Gasteiger partial charge in [0.2, 0.25) is 0 Å². The summed E-state index contributed by atoms with van der Waals surface area (Å²) in [5.74, 6) is -0.938. The molecular weight excluding hydrogens is 949 g/mol. The molecule has 0 spiro atoms. The number of rotatable bonds is 58. The maximum Gasteiger partial charge on any atom is 0.306 e. The predicted molar refractivity (Wildman–Crippen MR) is 334 cm³/mol.